The van der Waals surface area contributed by atoms with Gasteiger partial charge in [-0.2, -0.15) is 0 Å². The van der Waals surface area contributed by atoms with Gasteiger partial charge < -0.3 is 4.55 Å². The molecule has 4 nitrogen and oxygen atoms in total. The molecule has 0 bridgehead atoms. The van der Waals surface area contributed by atoms with Crippen LogP contribution < -0.4 is 0 Å². The summed E-state index contributed by atoms with van der Waals surface area (Å²) >= 11 is 0. The summed E-state index contributed by atoms with van der Waals surface area (Å²) in [6.45, 7) is 0.414. The van der Waals surface area contributed by atoms with Crippen molar-refractivity contribution in [3.8, 4) is 0 Å². The van der Waals surface area contributed by atoms with E-state index in [-0.39, 0.29) is 0 Å². The molecule has 0 spiro atoms. The van der Waals surface area contributed by atoms with E-state index in [1.807, 2.05) is 0 Å². The van der Waals surface area contributed by atoms with Crippen LogP contribution in [0.4, 0.5) is 0 Å². The second kappa shape index (κ2) is 2.59. The van der Waals surface area contributed by atoms with Gasteiger partial charge in [-0.1, -0.05) is 0 Å². The Hall–Kier alpha value is 0.0949. The number of hydrogen-bond donors (Lipinski definition) is 1. The van der Waals surface area contributed by atoms with Crippen LogP contribution >= 0.6 is 0 Å². The van der Waals surface area contributed by atoms with Gasteiger partial charge >= 0.3 is 6.19 Å². The molecule has 1 unspecified atom stereocenters. The predicted octanol–water partition coefficient (Wildman–Crippen LogP) is -0.342. The topological polar surface area (TPSA) is 55.8 Å². The fraction of sp³-hybridized carbons (Fsp3) is 1.00. The van der Waals surface area contributed by atoms with E-state index in [1.165, 1.54) is 0 Å². The minimum atomic E-state index is -1.89. The number of hydrogen-bond acceptors (Lipinski definition) is 3. The molecule has 0 aromatic rings. The maximum absolute atomic E-state index is 10.1. The van der Waals surface area contributed by atoms with Crippen LogP contribution in [-0.2, 0) is 20.6 Å². The smallest absolute Gasteiger partial charge is 0.313 e. The summed E-state index contributed by atoms with van der Waals surface area (Å²) in [6, 6.07) is 0. The van der Waals surface area contributed by atoms with E-state index in [9.17, 15) is 4.21 Å². The minimum absolute atomic E-state index is 0.414. The maximum atomic E-state index is 10.1. The molecule has 1 heterocycles. The van der Waals surface area contributed by atoms with Crippen molar-refractivity contribution in [3.63, 3.8) is 0 Å². The van der Waals surface area contributed by atoms with Crippen LogP contribution in [0.25, 0.3) is 0 Å². The van der Waals surface area contributed by atoms with E-state index >= 15 is 0 Å². The molecule has 1 atom stereocenters. The van der Waals surface area contributed by atoms with Crippen molar-refractivity contribution >= 4 is 17.1 Å². The van der Waals surface area contributed by atoms with Gasteiger partial charge in [-0.25, -0.2) is 4.21 Å². The van der Waals surface area contributed by atoms with Crippen LogP contribution in [0.2, 0.25) is 6.32 Å². The molecular weight excluding hydrogens is 131 g/mol. The maximum Gasteiger partial charge on any atom is 0.476 e. The van der Waals surface area contributed by atoms with Crippen molar-refractivity contribution in [2.75, 3.05) is 6.61 Å². The highest BCUT2D eigenvalue weighted by atomic mass is 32.2. The Morgan fingerprint density at radius 1 is 1.75 bits per heavy atom. The van der Waals surface area contributed by atoms with E-state index in [1.54, 1.807) is 0 Å². The highest BCUT2D eigenvalue weighted by molar-refractivity contribution is 8.08. The van der Waals surface area contributed by atoms with E-state index in [0.29, 0.717) is 12.9 Å². The third-order valence-electron chi connectivity index (χ3n) is 0.837. The molecule has 1 rings (SSSR count). The highest BCUT2D eigenvalue weighted by Gasteiger charge is 2.30. The summed E-state index contributed by atoms with van der Waals surface area (Å²) < 4.78 is 18.4. The monoisotopic (exact) mass is 136 g/mol. The van der Waals surface area contributed by atoms with E-state index in [2.05, 4.69) is 9.69 Å². The Labute approximate surface area is 49.4 Å². The van der Waals surface area contributed by atoms with Gasteiger partial charge in [0.15, 0.2) is 0 Å². The van der Waals surface area contributed by atoms with Crippen LogP contribution in [-0.4, -0.2) is 21.6 Å². The molecule has 6 heteroatoms. The SMILES string of the molecule is O=S(O)B1CCOO1. The second-order valence-corrected chi connectivity index (χ2v) is 2.49. The summed E-state index contributed by atoms with van der Waals surface area (Å²) in [5.74, 6) is 0. The lowest BCUT2D eigenvalue weighted by atomic mass is 9.96. The lowest BCUT2D eigenvalue weighted by molar-refractivity contribution is -0.183. The molecule has 8 heavy (non-hydrogen) atoms. The molecule has 1 aliphatic rings. The summed E-state index contributed by atoms with van der Waals surface area (Å²) in [4.78, 5) is 8.73. The molecule has 0 amide bonds. The van der Waals surface area contributed by atoms with Crippen LogP contribution in [0.3, 0.4) is 0 Å². The zero-order valence-corrected chi connectivity index (χ0v) is 4.89. The van der Waals surface area contributed by atoms with Crippen molar-refractivity contribution in [1.82, 2.24) is 0 Å². The summed E-state index contributed by atoms with van der Waals surface area (Å²) in [6.07, 6.45) is -0.127. The summed E-state index contributed by atoms with van der Waals surface area (Å²) in [5.41, 5.74) is 0. The lowest BCUT2D eigenvalue weighted by Crippen LogP contribution is -2.17. The lowest BCUT2D eigenvalue weighted by Gasteiger charge is -1.91. The third kappa shape index (κ3) is 1.29. The van der Waals surface area contributed by atoms with Gasteiger partial charge in [0.1, 0.15) is 10.9 Å². The van der Waals surface area contributed by atoms with Crippen LogP contribution in [0.5, 0.6) is 0 Å². The zero-order valence-electron chi connectivity index (χ0n) is 4.07. The predicted molar refractivity (Wildman–Crippen MR) is 28.4 cm³/mol. The van der Waals surface area contributed by atoms with Gasteiger partial charge in [-0.05, 0) is 6.32 Å². The van der Waals surface area contributed by atoms with Crippen LogP contribution in [0, 0.1) is 0 Å². The zero-order chi connectivity index (χ0) is 5.98. The molecule has 0 aliphatic carbocycles. The molecular formula is C2H5BO4S. The quantitative estimate of drug-likeness (QED) is 0.304. The molecule has 1 aliphatic heterocycles. The Morgan fingerprint density at radius 3 is 2.75 bits per heavy atom. The summed E-state index contributed by atoms with van der Waals surface area (Å²) in [7, 11) is -1.89. The minimum Gasteiger partial charge on any atom is -0.313 e. The van der Waals surface area contributed by atoms with Crippen molar-refractivity contribution < 1.29 is 18.5 Å². The normalized spacial score (nSPS) is 23.9. The van der Waals surface area contributed by atoms with Crippen molar-refractivity contribution in [3.05, 3.63) is 0 Å². The first-order valence-corrected chi connectivity index (χ1v) is 3.35. The number of rotatable bonds is 1. The Balaban J connectivity index is 2.35. The largest absolute Gasteiger partial charge is 0.476 e. The van der Waals surface area contributed by atoms with Crippen LogP contribution in [0.1, 0.15) is 0 Å². The average molecular weight is 136 g/mol. The van der Waals surface area contributed by atoms with Gasteiger partial charge in [0.05, 0.1) is 6.61 Å². The van der Waals surface area contributed by atoms with E-state index in [4.69, 9.17) is 4.55 Å². The first-order valence-electron chi connectivity index (χ1n) is 2.18. The average Bonchev–Trinajstić information content (AvgIpc) is 2.12. The molecule has 0 radical (unpaired) electrons. The molecule has 1 fully saturated rings. The van der Waals surface area contributed by atoms with Crippen molar-refractivity contribution in [1.29, 1.82) is 0 Å². The van der Waals surface area contributed by atoms with Gasteiger partial charge in [0.2, 0.25) is 0 Å². The fourth-order valence-electron chi connectivity index (χ4n) is 0.451. The van der Waals surface area contributed by atoms with Crippen molar-refractivity contribution in [2.45, 2.75) is 6.32 Å². The molecule has 0 aromatic carbocycles. The summed E-state index contributed by atoms with van der Waals surface area (Å²) in [5, 5.41) is 0. The second-order valence-electron chi connectivity index (χ2n) is 1.41. The van der Waals surface area contributed by atoms with Gasteiger partial charge in [-0.3, -0.25) is 9.69 Å². The van der Waals surface area contributed by atoms with Gasteiger partial charge in [-0.15, -0.1) is 0 Å². The molecule has 1 N–H and O–H groups in total. The first-order chi connectivity index (χ1) is 3.80. The first kappa shape index (κ1) is 6.22. The van der Waals surface area contributed by atoms with E-state index in [0.717, 1.165) is 0 Å². The molecule has 0 saturated carbocycles. The van der Waals surface area contributed by atoms with Gasteiger partial charge in [0, 0.05) is 0 Å². The van der Waals surface area contributed by atoms with Crippen molar-refractivity contribution in [2.24, 2.45) is 0 Å². The Morgan fingerprint density at radius 2 is 2.50 bits per heavy atom. The molecule has 0 aromatic heterocycles. The van der Waals surface area contributed by atoms with Gasteiger partial charge in [0.25, 0.3) is 0 Å². The fourth-order valence-corrected chi connectivity index (χ4v) is 0.872. The molecule has 1 saturated heterocycles. The Bertz CT molecular complexity index is 100. The van der Waals surface area contributed by atoms with Crippen LogP contribution in [0.15, 0.2) is 0 Å². The van der Waals surface area contributed by atoms with E-state index < -0.39 is 17.1 Å². The third-order valence-corrected chi connectivity index (χ3v) is 1.60. The highest BCUT2D eigenvalue weighted by Crippen LogP contribution is 2.07. The molecule has 46 valence electrons. The Kier molecular flexibility index (Phi) is 2.01. The standard InChI is InChI=1S/C2H5BO4S/c4-8(5)3-1-2-6-7-3/h1-2H2,(H,4,5).